The minimum atomic E-state index is -3.93. The van der Waals surface area contributed by atoms with Crippen LogP contribution in [-0.4, -0.2) is 28.9 Å². The smallest absolute Gasteiger partial charge is 0.246 e. The zero-order valence-corrected chi connectivity index (χ0v) is 17.3. The van der Waals surface area contributed by atoms with E-state index in [4.69, 9.17) is 11.6 Å². The maximum Gasteiger partial charge on any atom is 0.246 e. The number of nitrogens with zero attached hydrogens (tertiary/aromatic N) is 2. The summed E-state index contributed by atoms with van der Waals surface area (Å²) in [6.45, 7) is 2.75. The van der Waals surface area contributed by atoms with E-state index in [0.717, 1.165) is 5.56 Å². The van der Waals surface area contributed by atoms with Gasteiger partial charge in [-0.25, -0.2) is 8.42 Å². The van der Waals surface area contributed by atoms with Crippen molar-refractivity contribution in [2.75, 3.05) is 5.32 Å². The Balaban J connectivity index is 1.88. The fraction of sp³-hybridized carbons (Fsp3) is 0.200. The van der Waals surface area contributed by atoms with Crippen molar-refractivity contribution in [3.05, 3.63) is 65.7 Å². The molecule has 1 amide bonds. The van der Waals surface area contributed by atoms with Gasteiger partial charge >= 0.3 is 0 Å². The highest BCUT2D eigenvalue weighted by atomic mass is 35.5. The summed E-state index contributed by atoms with van der Waals surface area (Å²) in [6, 6.07) is 17.0. The van der Waals surface area contributed by atoms with Crippen LogP contribution in [0.2, 0.25) is 5.02 Å². The van der Waals surface area contributed by atoms with Gasteiger partial charge in [-0.15, -0.1) is 0 Å². The second-order valence-electron chi connectivity index (χ2n) is 6.83. The van der Waals surface area contributed by atoms with Crippen LogP contribution in [-0.2, 0) is 21.7 Å². The predicted molar refractivity (Wildman–Crippen MR) is 110 cm³/mol. The number of anilines is 1. The quantitative estimate of drug-likeness (QED) is 0.681. The molecule has 0 unspecified atom stereocenters. The molecule has 3 rings (SSSR count). The van der Waals surface area contributed by atoms with Crippen molar-refractivity contribution in [3.63, 3.8) is 0 Å². The van der Waals surface area contributed by atoms with Crippen LogP contribution in [0.5, 0.6) is 0 Å². The first-order valence-corrected chi connectivity index (χ1v) is 10.4. The lowest BCUT2D eigenvalue weighted by molar-refractivity contribution is -0.117. The summed E-state index contributed by atoms with van der Waals surface area (Å²) < 4.78 is 25.8. The van der Waals surface area contributed by atoms with Gasteiger partial charge in [0, 0.05) is 23.7 Å². The number of aromatic nitrogens is 2. The third-order valence-electron chi connectivity index (χ3n) is 4.53. The van der Waals surface area contributed by atoms with Gasteiger partial charge in [-0.3, -0.25) is 9.48 Å². The molecule has 1 N–H and O–H groups in total. The summed E-state index contributed by atoms with van der Waals surface area (Å²) in [7, 11) is -2.25. The van der Waals surface area contributed by atoms with E-state index in [-0.39, 0.29) is 4.90 Å². The van der Waals surface area contributed by atoms with Gasteiger partial charge in [0.1, 0.15) is 10.6 Å². The molecule has 146 valence electrons. The fourth-order valence-electron chi connectivity index (χ4n) is 2.63. The first kappa shape index (κ1) is 20.1. The van der Waals surface area contributed by atoms with Crippen molar-refractivity contribution in [2.24, 2.45) is 7.05 Å². The molecule has 0 atom stereocenters. The summed E-state index contributed by atoms with van der Waals surface area (Å²) in [5, 5.41) is 7.49. The lowest BCUT2D eigenvalue weighted by Gasteiger charge is -2.23. The van der Waals surface area contributed by atoms with Crippen LogP contribution in [0.15, 0.2) is 65.6 Å². The molecule has 0 saturated heterocycles. The molecule has 6 nitrogen and oxygen atoms in total. The maximum atomic E-state index is 13.0. The summed E-state index contributed by atoms with van der Waals surface area (Å²) in [6.07, 6.45) is 0. The molecule has 0 aliphatic heterocycles. The van der Waals surface area contributed by atoms with Crippen LogP contribution >= 0.6 is 11.6 Å². The monoisotopic (exact) mass is 417 g/mol. The Kier molecular flexibility index (Phi) is 5.32. The minimum absolute atomic E-state index is 0.0343. The van der Waals surface area contributed by atoms with E-state index in [1.54, 1.807) is 13.1 Å². The van der Waals surface area contributed by atoms with Gasteiger partial charge in [0.15, 0.2) is 9.84 Å². The summed E-state index contributed by atoms with van der Waals surface area (Å²) in [4.78, 5) is 12.9. The zero-order valence-electron chi connectivity index (χ0n) is 15.7. The van der Waals surface area contributed by atoms with Crippen molar-refractivity contribution in [2.45, 2.75) is 23.5 Å². The van der Waals surface area contributed by atoms with Gasteiger partial charge in [-0.05, 0) is 38.1 Å². The second kappa shape index (κ2) is 7.41. The topological polar surface area (TPSA) is 81.1 Å². The Morgan fingerprint density at radius 1 is 1.07 bits per heavy atom. The third kappa shape index (κ3) is 3.68. The Bertz CT molecular complexity index is 1110. The number of halogens is 1. The molecule has 8 heteroatoms. The van der Waals surface area contributed by atoms with Gasteiger partial charge in [0.25, 0.3) is 0 Å². The summed E-state index contributed by atoms with van der Waals surface area (Å²) in [5.41, 5.74) is 1.57. The minimum Gasteiger partial charge on any atom is -0.310 e. The average Bonchev–Trinajstić information content (AvgIpc) is 3.03. The fourth-order valence-corrected chi connectivity index (χ4v) is 4.14. The van der Waals surface area contributed by atoms with Crippen LogP contribution in [0.3, 0.4) is 0 Å². The lowest BCUT2D eigenvalue weighted by atomic mass is 10.1. The molecule has 0 saturated carbocycles. The van der Waals surface area contributed by atoms with E-state index >= 15 is 0 Å². The van der Waals surface area contributed by atoms with Crippen LogP contribution in [0, 0.1) is 0 Å². The number of hydrogen-bond acceptors (Lipinski definition) is 4. The van der Waals surface area contributed by atoms with E-state index in [2.05, 4.69) is 10.4 Å². The molecular formula is C20H20ClN3O3S. The van der Waals surface area contributed by atoms with Crippen LogP contribution < -0.4 is 5.32 Å². The number of carbonyl (C=O) groups is 1. The lowest BCUT2D eigenvalue weighted by Crippen LogP contribution is -2.44. The predicted octanol–water partition coefficient (Wildman–Crippen LogP) is 3.93. The van der Waals surface area contributed by atoms with Gasteiger partial charge < -0.3 is 5.32 Å². The highest BCUT2D eigenvalue weighted by Crippen LogP contribution is 2.28. The highest BCUT2D eigenvalue weighted by molar-refractivity contribution is 7.93. The number of rotatable bonds is 5. The van der Waals surface area contributed by atoms with Gasteiger partial charge in [0.2, 0.25) is 5.91 Å². The molecule has 0 spiro atoms. The van der Waals surface area contributed by atoms with Gasteiger partial charge in [-0.2, -0.15) is 5.10 Å². The van der Waals surface area contributed by atoms with Crippen molar-refractivity contribution >= 4 is 33.2 Å². The number of carbonyl (C=O) groups excluding carboxylic acids is 1. The Labute approximate surface area is 169 Å². The number of aryl methyl sites for hydroxylation is 1. The standard InChI is InChI=1S/C20H20ClN3O3S/c1-20(2,28(26,27)16-11-9-15(21)10-12-16)19(25)22-18-13-17(23-24(18)3)14-7-5-4-6-8-14/h4-13H,1-3H3,(H,22,25). The third-order valence-corrected chi connectivity index (χ3v) is 7.21. The second-order valence-corrected chi connectivity index (χ2v) is 9.76. The van der Waals surface area contributed by atoms with Crippen molar-refractivity contribution < 1.29 is 13.2 Å². The van der Waals surface area contributed by atoms with Crippen molar-refractivity contribution in [3.8, 4) is 11.3 Å². The number of nitrogens with one attached hydrogen (secondary N) is 1. The summed E-state index contributed by atoms with van der Waals surface area (Å²) in [5.74, 6) is -0.242. The highest BCUT2D eigenvalue weighted by Gasteiger charge is 2.43. The SMILES string of the molecule is Cn1nc(-c2ccccc2)cc1NC(=O)C(C)(C)S(=O)(=O)c1ccc(Cl)cc1. The van der Waals surface area contributed by atoms with Crippen molar-refractivity contribution in [1.29, 1.82) is 0 Å². The van der Waals surface area contributed by atoms with Gasteiger partial charge in [0.05, 0.1) is 10.6 Å². The van der Waals surface area contributed by atoms with Crippen LogP contribution in [0.4, 0.5) is 5.82 Å². The zero-order chi connectivity index (χ0) is 20.5. The molecule has 0 radical (unpaired) electrons. The molecule has 1 aromatic heterocycles. The van der Waals surface area contributed by atoms with Crippen molar-refractivity contribution in [1.82, 2.24) is 9.78 Å². The normalized spacial score (nSPS) is 12.0. The molecule has 1 heterocycles. The van der Waals surface area contributed by atoms with E-state index in [1.807, 2.05) is 30.3 Å². The molecule has 0 aliphatic carbocycles. The first-order chi connectivity index (χ1) is 13.1. The number of amides is 1. The Hall–Kier alpha value is -2.64. The molecular weight excluding hydrogens is 398 g/mol. The van der Waals surface area contributed by atoms with E-state index < -0.39 is 20.5 Å². The largest absolute Gasteiger partial charge is 0.310 e. The van der Waals surface area contributed by atoms with E-state index in [9.17, 15) is 13.2 Å². The number of benzene rings is 2. The Morgan fingerprint density at radius 2 is 1.68 bits per heavy atom. The molecule has 2 aromatic carbocycles. The number of hydrogen-bond donors (Lipinski definition) is 1. The van der Waals surface area contributed by atoms with E-state index in [1.165, 1.54) is 42.8 Å². The molecule has 0 fully saturated rings. The molecule has 0 bridgehead atoms. The molecule has 3 aromatic rings. The van der Waals surface area contributed by atoms with E-state index in [0.29, 0.717) is 16.5 Å². The Morgan fingerprint density at radius 3 is 2.29 bits per heavy atom. The van der Waals surface area contributed by atoms with Crippen LogP contribution in [0.25, 0.3) is 11.3 Å². The summed E-state index contributed by atoms with van der Waals surface area (Å²) >= 11 is 5.83. The van der Waals surface area contributed by atoms with Crippen LogP contribution in [0.1, 0.15) is 13.8 Å². The average molecular weight is 418 g/mol. The van der Waals surface area contributed by atoms with Gasteiger partial charge in [-0.1, -0.05) is 41.9 Å². The molecule has 28 heavy (non-hydrogen) atoms. The number of sulfone groups is 1. The maximum absolute atomic E-state index is 13.0. The molecule has 0 aliphatic rings. The first-order valence-electron chi connectivity index (χ1n) is 8.54.